The molecule has 1 fully saturated rings. The van der Waals surface area contributed by atoms with Gasteiger partial charge in [-0.2, -0.15) is 0 Å². The number of rotatable bonds is 5. The zero-order valence-electron chi connectivity index (χ0n) is 15.1. The Balaban J connectivity index is 2.37. The molecule has 0 aromatic carbocycles. The fraction of sp³-hybridized carbons (Fsp3) is 0.941. The number of carbonyl (C=O) groups excluding carboxylic acids is 1. The highest BCUT2D eigenvalue weighted by Crippen LogP contribution is 2.24. The molecule has 0 saturated heterocycles. The average molecular weight is 314 g/mol. The number of amides is 1. The van der Waals surface area contributed by atoms with Crippen LogP contribution >= 0.6 is 0 Å². The largest absolute Gasteiger partial charge is 0.444 e. The minimum Gasteiger partial charge on any atom is -0.444 e. The Morgan fingerprint density at radius 1 is 1.18 bits per heavy atom. The van der Waals surface area contributed by atoms with Gasteiger partial charge in [-0.3, -0.25) is 0 Å². The number of hydrogen-bond donors (Lipinski definition) is 2. The number of aliphatic hydroxyl groups excluding tert-OH is 1. The molecule has 0 aromatic heterocycles. The van der Waals surface area contributed by atoms with Crippen molar-refractivity contribution in [2.75, 3.05) is 20.2 Å². The van der Waals surface area contributed by atoms with Crippen LogP contribution in [-0.2, 0) is 4.74 Å². The molecule has 1 aliphatic carbocycles. The van der Waals surface area contributed by atoms with Gasteiger partial charge in [-0.1, -0.05) is 13.8 Å². The number of ether oxygens (including phenoxy) is 1. The van der Waals surface area contributed by atoms with Gasteiger partial charge in [-0.15, -0.1) is 0 Å². The summed E-state index contributed by atoms with van der Waals surface area (Å²) in [5.74, 6) is 0. The maximum Gasteiger partial charge on any atom is 0.410 e. The third-order valence-electron chi connectivity index (χ3n) is 4.22. The monoisotopic (exact) mass is 314 g/mol. The average Bonchev–Trinajstić information content (AvgIpc) is 2.43. The van der Waals surface area contributed by atoms with Gasteiger partial charge in [0.1, 0.15) is 5.60 Å². The van der Waals surface area contributed by atoms with E-state index in [0.717, 1.165) is 32.2 Å². The molecular weight excluding hydrogens is 280 g/mol. The van der Waals surface area contributed by atoms with E-state index >= 15 is 0 Å². The summed E-state index contributed by atoms with van der Waals surface area (Å²) in [5.41, 5.74) is -0.524. The van der Waals surface area contributed by atoms with Gasteiger partial charge >= 0.3 is 6.09 Å². The smallest absolute Gasteiger partial charge is 0.410 e. The van der Waals surface area contributed by atoms with Crippen molar-refractivity contribution < 1.29 is 14.6 Å². The van der Waals surface area contributed by atoms with Gasteiger partial charge in [-0.25, -0.2) is 4.79 Å². The molecule has 1 amide bonds. The van der Waals surface area contributed by atoms with Crippen molar-refractivity contribution in [1.82, 2.24) is 10.2 Å². The zero-order chi connectivity index (χ0) is 17.0. The number of aliphatic hydroxyl groups is 1. The maximum absolute atomic E-state index is 12.1. The van der Waals surface area contributed by atoms with Gasteiger partial charge in [0.05, 0.1) is 0 Å². The summed E-state index contributed by atoms with van der Waals surface area (Å²) in [6.07, 6.45) is 3.86. The van der Waals surface area contributed by atoms with Crippen LogP contribution in [0.25, 0.3) is 0 Å². The lowest BCUT2D eigenvalue weighted by molar-refractivity contribution is 0.0177. The van der Waals surface area contributed by atoms with Crippen molar-refractivity contribution in [2.24, 2.45) is 5.41 Å². The molecule has 0 unspecified atom stereocenters. The van der Waals surface area contributed by atoms with Crippen molar-refractivity contribution in [2.45, 2.75) is 78.0 Å². The van der Waals surface area contributed by atoms with Crippen LogP contribution in [0.15, 0.2) is 0 Å². The lowest BCUT2D eigenvalue weighted by Crippen LogP contribution is -2.46. The van der Waals surface area contributed by atoms with Crippen molar-refractivity contribution >= 4 is 6.09 Å². The van der Waals surface area contributed by atoms with Crippen LogP contribution in [0.4, 0.5) is 4.79 Å². The number of hydrogen-bond acceptors (Lipinski definition) is 4. The van der Waals surface area contributed by atoms with Gasteiger partial charge in [0.15, 0.2) is 0 Å². The molecule has 0 heterocycles. The standard InChI is InChI=1S/C17H34N2O3/c1-16(2,3)22-15(21)19(6)14-9-7-13(8-10-14)18-11-17(4,5)12-20/h13-14,18,20H,7-12H2,1-6H3. The van der Waals surface area contributed by atoms with E-state index in [1.165, 1.54) is 0 Å². The lowest BCUT2D eigenvalue weighted by Gasteiger charge is -2.36. The topological polar surface area (TPSA) is 61.8 Å². The highest BCUT2D eigenvalue weighted by Gasteiger charge is 2.29. The second-order valence-corrected chi connectivity index (χ2v) is 8.30. The van der Waals surface area contributed by atoms with E-state index in [1.54, 1.807) is 4.90 Å². The van der Waals surface area contributed by atoms with E-state index in [0.29, 0.717) is 6.04 Å². The second kappa shape index (κ2) is 7.64. The first kappa shape index (κ1) is 19.2. The second-order valence-electron chi connectivity index (χ2n) is 8.30. The van der Waals surface area contributed by atoms with Crippen molar-refractivity contribution in [3.8, 4) is 0 Å². The van der Waals surface area contributed by atoms with E-state index < -0.39 is 5.60 Å². The summed E-state index contributed by atoms with van der Waals surface area (Å²) in [5, 5.41) is 12.8. The lowest BCUT2D eigenvalue weighted by atomic mass is 9.88. The van der Waals surface area contributed by atoms with Gasteiger partial charge in [0.2, 0.25) is 0 Å². The summed E-state index contributed by atoms with van der Waals surface area (Å²) in [6, 6.07) is 0.743. The van der Waals surface area contributed by atoms with Crippen molar-refractivity contribution in [1.29, 1.82) is 0 Å². The Labute approximate surface area is 135 Å². The van der Waals surface area contributed by atoms with Crippen LogP contribution in [-0.4, -0.2) is 54.0 Å². The summed E-state index contributed by atoms with van der Waals surface area (Å²) < 4.78 is 5.43. The Morgan fingerprint density at radius 2 is 1.73 bits per heavy atom. The first-order chi connectivity index (χ1) is 10.0. The minimum atomic E-state index is -0.444. The summed E-state index contributed by atoms with van der Waals surface area (Å²) in [7, 11) is 1.83. The Hall–Kier alpha value is -0.810. The van der Waals surface area contributed by atoms with Crippen LogP contribution in [0.1, 0.15) is 60.3 Å². The fourth-order valence-corrected chi connectivity index (χ4v) is 2.63. The molecule has 1 saturated carbocycles. The minimum absolute atomic E-state index is 0.0792. The first-order valence-corrected chi connectivity index (χ1v) is 8.34. The quantitative estimate of drug-likeness (QED) is 0.819. The fourth-order valence-electron chi connectivity index (χ4n) is 2.63. The molecular formula is C17H34N2O3. The molecule has 1 rings (SSSR count). The predicted molar refractivity (Wildman–Crippen MR) is 88.9 cm³/mol. The van der Waals surface area contributed by atoms with Gasteiger partial charge in [-0.05, 0) is 46.5 Å². The van der Waals surface area contributed by atoms with E-state index in [-0.39, 0.29) is 24.2 Å². The first-order valence-electron chi connectivity index (χ1n) is 8.34. The van der Waals surface area contributed by atoms with E-state index in [1.807, 2.05) is 27.8 Å². The molecule has 130 valence electrons. The summed E-state index contributed by atoms with van der Waals surface area (Å²) >= 11 is 0. The molecule has 0 radical (unpaired) electrons. The van der Waals surface area contributed by atoms with Crippen LogP contribution in [0, 0.1) is 5.41 Å². The molecule has 5 nitrogen and oxygen atoms in total. The van der Waals surface area contributed by atoms with E-state index in [2.05, 4.69) is 19.2 Å². The third kappa shape index (κ3) is 6.53. The Bertz CT molecular complexity index is 355. The van der Waals surface area contributed by atoms with Crippen molar-refractivity contribution in [3.63, 3.8) is 0 Å². The number of nitrogens with one attached hydrogen (secondary N) is 1. The van der Waals surface area contributed by atoms with Crippen LogP contribution in [0.3, 0.4) is 0 Å². The van der Waals surface area contributed by atoms with E-state index in [4.69, 9.17) is 4.74 Å². The number of nitrogens with zero attached hydrogens (tertiary/aromatic N) is 1. The highest BCUT2D eigenvalue weighted by atomic mass is 16.6. The normalized spacial score (nSPS) is 23.2. The molecule has 1 aliphatic rings. The van der Waals surface area contributed by atoms with Crippen molar-refractivity contribution in [3.05, 3.63) is 0 Å². The SMILES string of the molecule is CN(C(=O)OC(C)(C)C)C1CCC(NCC(C)(C)CO)CC1. The van der Waals surface area contributed by atoms with Crippen LogP contribution in [0.5, 0.6) is 0 Å². The predicted octanol–water partition coefficient (Wildman–Crippen LogP) is 2.77. The molecule has 0 aromatic rings. The molecule has 0 aliphatic heterocycles. The maximum atomic E-state index is 12.1. The molecule has 0 spiro atoms. The molecule has 2 N–H and O–H groups in total. The summed E-state index contributed by atoms with van der Waals surface area (Å²) in [6.45, 7) is 10.8. The van der Waals surface area contributed by atoms with E-state index in [9.17, 15) is 9.90 Å². The zero-order valence-corrected chi connectivity index (χ0v) is 15.1. The molecule has 0 bridgehead atoms. The highest BCUT2D eigenvalue weighted by molar-refractivity contribution is 5.68. The third-order valence-corrected chi connectivity index (χ3v) is 4.22. The molecule has 0 atom stereocenters. The van der Waals surface area contributed by atoms with Crippen LogP contribution < -0.4 is 5.32 Å². The van der Waals surface area contributed by atoms with Crippen LogP contribution in [0.2, 0.25) is 0 Å². The Kier molecular flexibility index (Phi) is 6.68. The molecule has 22 heavy (non-hydrogen) atoms. The number of carbonyl (C=O) groups is 1. The van der Waals surface area contributed by atoms with Gasteiger partial charge in [0.25, 0.3) is 0 Å². The van der Waals surface area contributed by atoms with Gasteiger partial charge < -0.3 is 20.1 Å². The van der Waals surface area contributed by atoms with Gasteiger partial charge in [0, 0.05) is 37.7 Å². The Morgan fingerprint density at radius 3 is 2.18 bits per heavy atom. The summed E-state index contributed by atoms with van der Waals surface area (Å²) in [4.78, 5) is 13.8. The molecule has 5 heteroatoms.